The van der Waals surface area contributed by atoms with Gasteiger partial charge < -0.3 is 4.98 Å². The van der Waals surface area contributed by atoms with Crippen LogP contribution in [0.3, 0.4) is 0 Å². The highest BCUT2D eigenvalue weighted by Crippen LogP contribution is 2.38. The van der Waals surface area contributed by atoms with E-state index in [0.29, 0.717) is 11.4 Å². The molecule has 0 spiro atoms. The maximum absolute atomic E-state index is 13.2. The predicted octanol–water partition coefficient (Wildman–Crippen LogP) is 4.17. The second-order valence-electron chi connectivity index (χ2n) is 6.67. The van der Waals surface area contributed by atoms with Gasteiger partial charge in [0.05, 0.1) is 10.9 Å². The largest absolute Gasteiger partial charge is 0.357 e. The number of hydrogen-bond acceptors (Lipinski definition) is 2. The number of sulfonamides is 1. The van der Waals surface area contributed by atoms with Crippen molar-refractivity contribution < 1.29 is 8.42 Å². The van der Waals surface area contributed by atoms with Gasteiger partial charge in [0.25, 0.3) is 0 Å². The second kappa shape index (κ2) is 6.00. The molecule has 0 bridgehead atoms. The van der Waals surface area contributed by atoms with Gasteiger partial charge in [-0.15, -0.1) is 0 Å². The van der Waals surface area contributed by atoms with E-state index in [1.807, 2.05) is 38.1 Å². The van der Waals surface area contributed by atoms with Gasteiger partial charge in [0.1, 0.15) is 0 Å². The number of nitrogens with zero attached hydrogens (tertiary/aromatic N) is 1. The van der Waals surface area contributed by atoms with Gasteiger partial charge in [-0.1, -0.05) is 42.8 Å². The Balaban J connectivity index is 1.80. The first-order valence-electron chi connectivity index (χ1n) is 8.70. The predicted molar refractivity (Wildman–Crippen MR) is 100 cm³/mol. The van der Waals surface area contributed by atoms with Gasteiger partial charge in [0.15, 0.2) is 0 Å². The van der Waals surface area contributed by atoms with Crippen LogP contribution in [0.5, 0.6) is 0 Å². The third kappa shape index (κ3) is 2.58. The molecular formula is C20H22N2O2S. The topological polar surface area (TPSA) is 53.2 Å². The fraction of sp³-hybridized carbons (Fsp3) is 0.300. The molecule has 1 atom stereocenters. The van der Waals surface area contributed by atoms with Gasteiger partial charge in [-0.3, -0.25) is 0 Å². The minimum absolute atomic E-state index is 0.151. The van der Waals surface area contributed by atoms with Gasteiger partial charge in [-0.25, -0.2) is 8.42 Å². The molecule has 4 rings (SSSR count). The lowest BCUT2D eigenvalue weighted by Gasteiger charge is -2.34. The fourth-order valence-electron chi connectivity index (χ4n) is 3.84. The number of aryl methyl sites for hydroxylation is 1. The van der Waals surface area contributed by atoms with Crippen molar-refractivity contribution >= 4 is 20.9 Å². The zero-order valence-corrected chi connectivity index (χ0v) is 15.3. The minimum Gasteiger partial charge on any atom is -0.357 e. The van der Waals surface area contributed by atoms with Gasteiger partial charge in [0, 0.05) is 23.1 Å². The standard InChI is InChI=1S/C20H22N2O2S/c1-3-19-20-17(16-6-4-5-7-18(16)21-20)12-13-22(19)25(23,24)15-10-8-14(2)9-11-15/h4-11,19,21H,3,12-13H2,1-2H3/t19-/m1/s1. The Kier molecular flexibility index (Phi) is 3.93. The highest BCUT2D eigenvalue weighted by atomic mass is 32.2. The SMILES string of the molecule is CC[C@@H]1c2[nH]c3ccccc3c2CCN1S(=O)(=O)c1ccc(C)cc1. The number of H-pyrrole nitrogens is 1. The van der Waals surface area contributed by atoms with Crippen molar-refractivity contribution in [2.45, 2.75) is 37.6 Å². The highest BCUT2D eigenvalue weighted by Gasteiger charge is 2.37. The molecule has 1 N–H and O–H groups in total. The van der Waals surface area contributed by atoms with Crippen molar-refractivity contribution in [1.82, 2.24) is 9.29 Å². The quantitative estimate of drug-likeness (QED) is 0.767. The lowest BCUT2D eigenvalue weighted by Crippen LogP contribution is -2.39. The van der Waals surface area contributed by atoms with E-state index in [2.05, 4.69) is 17.1 Å². The minimum atomic E-state index is -3.51. The number of aromatic nitrogens is 1. The van der Waals surface area contributed by atoms with Crippen LogP contribution in [0, 0.1) is 6.92 Å². The van der Waals surface area contributed by atoms with Crippen molar-refractivity contribution in [3.63, 3.8) is 0 Å². The number of rotatable bonds is 3. The molecule has 2 aromatic carbocycles. The summed E-state index contributed by atoms with van der Waals surface area (Å²) in [5.41, 5.74) is 4.45. The summed E-state index contributed by atoms with van der Waals surface area (Å²) in [6.07, 6.45) is 1.48. The van der Waals surface area contributed by atoms with Crippen LogP contribution in [-0.4, -0.2) is 24.3 Å². The molecule has 0 saturated carbocycles. The number of para-hydroxylation sites is 1. The van der Waals surface area contributed by atoms with Crippen LogP contribution in [0.2, 0.25) is 0 Å². The lowest BCUT2D eigenvalue weighted by atomic mass is 9.98. The van der Waals surface area contributed by atoms with E-state index in [1.165, 1.54) is 10.9 Å². The first-order chi connectivity index (χ1) is 12.0. The maximum Gasteiger partial charge on any atom is 0.243 e. The average Bonchev–Trinajstić information content (AvgIpc) is 3.00. The zero-order valence-electron chi connectivity index (χ0n) is 14.5. The van der Waals surface area contributed by atoms with E-state index in [1.54, 1.807) is 16.4 Å². The van der Waals surface area contributed by atoms with Crippen LogP contribution >= 0.6 is 0 Å². The Hall–Kier alpha value is -2.11. The molecular weight excluding hydrogens is 332 g/mol. The van der Waals surface area contributed by atoms with E-state index >= 15 is 0 Å². The molecule has 5 heteroatoms. The summed E-state index contributed by atoms with van der Waals surface area (Å²) < 4.78 is 28.1. The van der Waals surface area contributed by atoms with Crippen molar-refractivity contribution in [2.75, 3.05) is 6.54 Å². The summed E-state index contributed by atoms with van der Waals surface area (Å²) in [7, 11) is -3.51. The van der Waals surface area contributed by atoms with Crippen molar-refractivity contribution in [2.24, 2.45) is 0 Å². The number of hydrogen-bond donors (Lipinski definition) is 1. The highest BCUT2D eigenvalue weighted by molar-refractivity contribution is 7.89. The van der Waals surface area contributed by atoms with Gasteiger partial charge in [-0.2, -0.15) is 4.31 Å². The first-order valence-corrected chi connectivity index (χ1v) is 10.1. The molecule has 1 aliphatic rings. The van der Waals surface area contributed by atoms with Gasteiger partial charge >= 0.3 is 0 Å². The summed E-state index contributed by atoms with van der Waals surface area (Å²) in [5, 5.41) is 1.21. The number of nitrogens with one attached hydrogen (secondary N) is 1. The summed E-state index contributed by atoms with van der Waals surface area (Å²) in [6, 6.07) is 15.2. The van der Waals surface area contributed by atoms with Crippen LogP contribution in [0.1, 0.15) is 36.2 Å². The molecule has 1 aromatic heterocycles. The lowest BCUT2D eigenvalue weighted by molar-refractivity contribution is 0.297. The van der Waals surface area contributed by atoms with Crippen molar-refractivity contribution in [3.8, 4) is 0 Å². The first kappa shape index (κ1) is 16.4. The normalized spacial score (nSPS) is 18.4. The van der Waals surface area contributed by atoms with Crippen LogP contribution < -0.4 is 0 Å². The molecule has 4 nitrogen and oxygen atoms in total. The number of benzene rings is 2. The Morgan fingerprint density at radius 3 is 2.56 bits per heavy atom. The summed E-state index contributed by atoms with van der Waals surface area (Å²) >= 11 is 0. The third-order valence-electron chi connectivity index (χ3n) is 5.12. The Morgan fingerprint density at radius 2 is 1.84 bits per heavy atom. The molecule has 0 radical (unpaired) electrons. The molecule has 0 fully saturated rings. The molecule has 0 saturated heterocycles. The summed E-state index contributed by atoms with van der Waals surface area (Å²) in [4.78, 5) is 3.84. The molecule has 1 aliphatic heterocycles. The third-order valence-corrected chi connectivity index (χ3v) is 7.05. The van der Waals surface area contributed by atoms with E-state index in [0.717, 1.165) is 29.6 Å². The van der Waals surface area contributed by atoms with Crippen LogP contribution in [0.4, 0.5) is 0 Å². The smallest absolute Gasteiger partial charge is 0.243 e. The number of fused-ring (bicyclic) bond motifs is 3. The fourth-order valence-corrected chi connectivity index (χ4v) is 5.51. The van der Waals surface area contributed by atoms with Crippen LogP contribution in [0.15, 0.2) is 53.4 Å². The molecule has 130 valence electrons. The molecule has 2 heterocycles. The van der Waals surface area contributed by atoms with Crippen molar-refractivity contribution in [1.29, 1.82) is 0 Å². The second-order valence-corrected chi connectivity index (χ2v) is 8.56. The monoisotopic (exact) mass is 354 g/mol. The van der Waals surface area contributed by atoms with E-state index in [9.17, 15) is 8.42 Å². The Bertz CT molecular complexity index is 1020. The summed E-state index contributed by atoms with van der Waals surface area (Å²) in [5.74, 6) is 0. The van der Waals surface area contributed by atoms with Gasteiger partial charge in [-0.05, 0) is 43.5 Å². The van der Waals surface area contributed by atoms with Gasteiger partial charge in [0.2, 0.25) is 10.0 Å². The average molecular weight is 354 g/mol. The van der Waals surface area contributed by atoms with Crippen molar-refractivity contribution in [3.05, 3.63) is 65.4 Å². The maximum atomic E-state index is 13.2. The molecule has 0 amide bonds. The Labute approximate surface area is 148 Å². The van der Waals surface area contributed by atoms with E-state index < -0.39 is 10.0 Å². The van der Waals surface area contributed by atoms with Crippen LogP contribution in [0.25, 0.3) is 10.9 Å². The zero-order chi connectivity index (χ0) is 17.6. The Morgan fingerprint density at radius 1 is 1.12 bits per heavy atom. The molecule has 25 heavy (non-hydrogen) atoms. The van der Waals surface area contributed by atoms with E-state index in [4.69, 9.17) is 0 Å². The summed E-state index contributed by atoms with van der Waals surface area (Å²) in [6.45, 7) is 4.52. The molecule has 0 unspecified atom stereocenters. The molecule has 3 aromatic rings. The van der Waals surface area contributed by atoms with Crippen LogP contribution in [-0.2, 0) is 16.4 Å². The number of aromatic amines is 1. The molecule has 0 aliphatic carbocycles. The van der Waals surface area contributed by atoms with E-state index in [-0.39, 0.29) is 6.04 Å².